The number of carbonyl (C=O) groups is 1. The van der Waals surface area contributed by atoms with Gasteiger partial charge in [0.2, 0.25) is 15.9 Å². The minimum absolute atomic E-state index is 0.193. The van der Waals surface area contributed by atoms with E-state index in [1.165, 1.54) is 11.4 Å². The average molecular weight is 492 g/mol. The van der Waals surface area contributed by atoms with Crippen LogP contribution in [-0.4, -0.2) is 38.8 Å². The predicted molar refractivity (Wildman–Crippen MR) is 120 cm³/mol. The molecule has 1 saturated heterocycles. The van der Waals surface area contributed by atoms with Gasteiger partial charge in [0.05, 0.1) is 18.6 Å². The summed E-state index contributed by atoms with van der Waals surface area (Å²) in [6, 6.07) is 9.85. The Morgan fingerprint density at radius 1 is 1.13 bits per heavy atom. The summed E-state index contributed by atoms with van der Waals surface area (Å²) in [4.78, 5) is 12.7. The van der Waals surface area contributed by atoms with E-state index in [9.17, 15) is 13.2 Å². The van der Waals surface area contributed by atoms with Gasteiger partial charge in [-0.3, -0.25) is 4.79 Å². The number of halogens is 3. The molecule has 1 heterocycles. The van der Waals surface area contributed by atoms with Gasteiger partial charge in [-0.1, -0.05) is 40.9 Å². The number of anilines is 1. The minimum Gasteiger partial charge on any atom is -0.495 e. The van der Waals surface area contributed by atoms with Gasteiger partial charge in [-0.05, 0) is 43.2 Å². The quantitative estimate of drug-likeness (QED) is 0.627. The van der Waals surface area contributed by atoms with Crippen LogP contribution in [0.25, 0.3) is 0 Å². The summed E-state index contributed by atoms with van der Waals surface area (Å²) in [5.41, 5.74) is 0.868. The Hall–Kier alpha value is -1.51. The Bertz CT molecular complexity index is 1020. The topological polar surface area (TPSA) is 75.7 Å². The molecule has 0 aliphatic carbocycles. The zero-order valence-corrected chi connectivity index (χ0v) is 19.3. The second-order valence-corrected chi connectivity index (χ2v) is 10.2. The Morgan fingerprint density at radius 3 is 2.37 bits per heavy atom. The Morgan fingerprint density at radius 2 is 1.77 bits per heavy atom. The molecule has 10 heteroatoms. The Labute approximate surface area is 191 Å². The molecule has 2 aromatic carbocycles. The molecular formula is C20H21Cl3N2O4S. The highest BCUT2D eigenvalue weighted by Crippen LogP contribution is 2.31. The summed E-state index contributed by atoms with van der Waals surface area (Å²) in [5, 5.41) is 3.94. The van der Waals surface area contributed by atoms with E-state index in [1.54, 1.807) is 36.4 Å². The van der Waals surface area contributed by atoms with Crippen LogP contribution in [0.1, 0.15) is 18.4 Å². The number of sulfonamides is 1. The second-order valence-electron chi connectivity index (χ2n) is 6.96. The lowest BCUT2D eigenvalue weighted by Crippen LogP contribution is -2.42. The smallest absolute Gasteiger partial charge is 0.227 e. The van der Waals surface area contributed by atoms with Crippen molar-refractivity contribution >= 4 is 56.4 Å². The maximum Gasteiger partial charge on any atom is 0.227 e. The first kappa shape index (κ1) is 23.2. The van der Waals surface area contributed by atoms with E-state index in [-0.39, 0.29) is 30.7 Å². The van der Waals surface area contributed by atoms with Crippen LogP contribution in [-0.2, 0) is 20.6 Å². The average Bonchev–Trinajstić information content (AvgIpc) is 2.71. The molecule has 1 aliphatic heterocycles. The van der Waals surface area contributed by atoms with Gasteiger partial charge in [-0.2, -0.15) is 0 Å². The van der Waals surface area contributed by atoms with E-state index in [2.05, 4.69) is 5.32 Å². The third-order valence-electron chi connectivity index (χ3n) is 5.03. The van der Waals surface area contributed by atoms with E-state index in [1.807, 2.05) is 0 Å². The molecule has 6 nitrogen and oxygen atoms in total. The third kappa shape index (κ3) is 5.39. The monoisotopic (exact) mass is 490 g/mol. The molecule has 0 saturated carbocycles. The first-order valence-corrected chi connectivity index (χ1v) is 12.0. The molecule has 3 rings (SSSR count). The summed E-state index contributed by atoms with van der Waals surface area (Å²) in [7, 11) is -2.10. The molecule has 1 amide bonds. The van der Waals surface area contributed by atoms with Crippen molar-refractivity contribution in [3.05, 3.63) is 57.0 Å². The molecule has 0 bridgehead atoms. The fourth-order valence-electron chi connectivity index (χ4n) is 3.35. The molecular weight excluding hydrogens is 471 g/mol. The van der Waals surface area contributed by atoms with Crippen LogP contribution in [0.4, 0.5) is 5.69 Å². The molecule has 1 aliphatic rings. The number of hydrogen-bond acceptors (Lipinski definition) is 4. The lowest BCUT2D eigenvalue weighted by molar-refractivity contribution is -0.120. The zero-order valence-electron chi connectivity index (χ0n) is 16.2. The highest BCUT2D eigenvalue weighted by Gasteiger charge is 2.32. The highest BCUT2D eigenvalue weighted by molar-refractivity contribution is 7.88. The van der Waals surface area contributed by atoms with Gasteiger partial charge >= 0.3 is 0 Å². The number of benzene rings is 2. The van der Waals surface area contributed by atoms with Crippen molar-refractivity contribution < 1.29 is 17.9 Å². The number of methoxy groups -OCH3 is 1. The van der Waals surface area contributed by atoms with Crippen molar-refractivity contribution in [2.24, 2.45) is 5.92 Å². The number of carbonyl (C=O) groups excluding carboxylic acids is 1. The van der Waals surface area contributed by atoms with Crippen LogP contribution < -0.4 is 10.1 Å². The summed E-state index contributed by atoms with van der Waals surface area (Å²) >= 11 is 18.2. The van der Waals surface area contributed by atoms with Gasteiger partial charge in [-0.15, -0.1) is 0 Å². The van der Waals surface area contributed by atoms with E-state index < -0.39 is 10.0 Å². The van der Waals surface area contributed by atoms with Crippen molar-refractivity contribution in [2.75, 3.05) is 25.5 Å². The molecule has 1 N–H and O–H groups in total. The molecule has 0 atom stereocenters. The van der Waals surface area contributed by atoms with Crippen LogP contribution >= 0.6 is 34.8 Å². The SMILES string of the molecule is COc1ccc(Cl)cc1NC(=O)C1CCN(S(=O)(=O)Cc2c(Cl)cccc2Cl)CC1. The molecule has 2 aromatic rings. The maximum atomic E-state index is 12.8. The van der Waals surface area contributed by atoms with Crippen molar-refractivity contribution in [1.82, 2.24) is 4.31 Å². The molecule has 0 spiro atoms. The van der Waals surface area contributed by atoms with E-state index in [0.717, 1.165) is 0 Å². The number of nitrogens with one attached hydrogen (secondary N) is 1. The summed E-state index contributed by atoms with van der Waals surface area (Å²) in [5.74, 6) is -0.280. The first-order chi connectivity index (χ1) is 14.2. The number of rotatable bonds is 6. The fraction of sp³-hybridized carbons (Fsp3) is 0.350. The van der Waals surface area contributed by atoms with Gasteiger partial charge < -0.3 is 10.1 Å². The van der Waals surface area contributed by atoms with Gasteiger partial charge in [0.1, 0.15) is 5.75 Å². The molecule has 1 fully saturated rings. The van der Waals surface area contributed by atoms with Crippen molar-refractivity contribution in [1.29, 1.82) is 0 Å². The lowest BCUT2D eigenvalue weighted by Gasteiger charge is -2.30. The van der Waals surface area contributed by atoms with E-state index in [4.69, 9.17) is 39.5 Å². The van der Waals surface area contributed by atoms with Gasteiger partial charge in [0.15, 0.2) is 0 Å². The highest BCUT2D eigenvalue weighted by atomic mass is 35.5. The third-order valence-corrected chi connectivity index (χ3v) is 7.77. The molecule has 162 valence electrons. The van der Waals surface area contributed by atoms with Crippen LogP contribution in [0.5, 0.6) is 5.75 Å². The van der Waals surface area contributed by atoms with Crippen LogP contribution in [0.15, 0.2) is 36.4 Å². The minimum atomic E-state index is -3.61. The standard InChI is InChI=1S/C20H21Cl3N2O4S/c1-29-19-6-5-14(21)11-18(19)24-20(26)13-7-9-25(10-8-13)30(27,28)12-15-16(22)3-2-4-17(15)23/h2-6,11,13H,7-10,12H2,1H3,(H,24,26). The van der Waals surface area contributed by atoms with Crippen LogP contribution in [0.3, 0.4) is 0 Å². The zero-order chi connectivity index (χ0) is 21.9. The number of amides is 1. The van der Waals surface area contributed by atoms with Crippen molar-refractivity contribution in [2.45, 2.75) is 18.6 Å². The number of piperidine rings is 1. The molecule has 0 radical (unpaired) electrons. The number of hydrogen-bond donors (Lipinski definition) is 1. The number of nitrogens with zero attached hydrogens (tertiary/aromatic N) is 1. The van der Waals surface area contributed by atoms with Gasteiger partial charge in [-0.25, -0.2) is 12.7 Å². The van der Waals surface area contributed by atoms with E-state index >= 15 is 0 Å². The maximum absolute atomic E-state index is 12.8. The van der Waals surface area contributed by atoms with Gasteiger partial charge in [0, 0.05) is 39.6 Å². The van der Waals surface area contributed by atoms with Crippen LogP contribution in [0.2, 0.25) is 15.1 Å². The normalized spacial score (nSPS) is 15.7. The predicted octanol–water partition coefficient (Wildman–Crippen LogP) is 4.84. The summed E-state index contributed by atoms with van der Waals surface area (Å²) in [6.45, 7) is 0.490. The largest absolute Gasteiger partial charge is 0.495 e. The molecule has 30 heavy (non-hydrogen) atoms. The Balaban J connectivity index is 1.63. The summed E-state index contributed by atoms with van der Waals surface area (Å²) < 4.78 is 32.3. The second kappa shape index (κ2) is 9.75. The summed E-state index contributed by atoms with van der Waals surface area (Å²) in [6.07, 6.45) is 0.814. The van der Waals surface area contributed by atoms with Crippen molar-refractivity contribution in [3.8, 4) is 5.75 Å². The van der Waals surface area contributed by atoms with Crippen LogP contribution in [0, 0.1) is 5.92 Å². The Kier molecular flexibility index (Phi) is 7.52. The lowest BCUT2D eigenvalue weighted by atomic mass is 9.97. The van der Waals surface area contributed by atoms with E-state index in [0.29, 0.717) is 44.9 Å². The molecule has 0 unspecified atom stereocenters. The number of ether oxygens (including phenoxy) is 1. The van der Waals surface area contributed by atoms with Gasteiger partial charge in [0.25, 0.3) is 0 Å². The fourth-order valence-corrected chi connectivity index (χ4v) is 5.84. The van der Waals surface area contributed by atoms with Crippen molar-refractivity contribution in [3.63, 3.8) is 0 Å². The molecule has 0 aromatic heterocycles. The first-order valence-electron chi connectivity index (χ1n) is 9.26.